The number of rotatable bonds is 7. The summed E-state index contributed by atoms with van der Waals surface area (Å²) in [4.78, 5) is 9.22. The maximum absolute atomic E-state index is 5.64. The first kappa shape index (κ1) is 22.3. The summed E-state index contributed by atoms with van der Waals surface area (Å²) in [7, 11) is 5.05. The minimum absolute atomic E-state index is 0.465. The van der Waals surface area contributed by atoms with Crippen molar-refractivity contribution < 1.29 is 14.2 Å². The van der Waals surface area contributed by atoms with Crippen LogP contribution in [0.25, 0.3) is 22.3 Å². The minimum atomic E-state index is 0.465. The van der Waals surface area contributed by atoms with E-state index >= 15 is 0 Å². The zero-order valence-corrected chi connectivity index (χ0v) is 19.7. The number of fused-ring (bicyclic) bond motifs is 1. The molecule has 3 aromatic heterocycles. The van der Waals surface area contributed by atoms with Crippen molar-refractivity contribution in [1.29, 1.82) is 0 Å². The number of methoxy groups -OCH3 is 2. The van der Waals surface area contributed by atoms with Crippen molar-refractivity contribution in [3.8, 4) is 17.1 Å². The summed E-state index contributed by atoms with van der Waals surface area (Å²) in [6.07, 6.45) is 7.44. The summed E-state index contributed by atoms with van der Waals surface area (Å²) in [6, 6.07) is 2.12. The lowest BCUT2D eigenvalue weighted by molar-refractivity contribution is 0.0610. The molecular formula is C22H28N6O3S. The van der Waals surface area contributed by atoms with Gasteiger partial charge in [-0.2, -0.15) is 0 Å². The quantitative estimate of drug-likeness (QED) is 0.305. The standard InChI is InChI=1S/C22H28N6O3S/c1-6-23-20(29-3)17-18-16(28(22(17)32-5)13-14-7-9-31-10-8-14)11-15(12-24-18)19-21(30-4)25-26-27(19)2/h6,11-12,14H,1,7-10,13H2,2-5H3. The molecule has 0 spiro atoms. The highest BCUT2D eigenvalue weighted by Gasteiger charge is 2.26. The zero-order chi connectivity index (χ0) is 22.7. The number of ether oxygens (including phenoxy) is 3. The second-order valence-electron chi connectivity index (χ2n) is 7.53. The first-order valence-corrected chi connectivity index (χ1v) is 11.7. The van der Waals surface area contributed by atoms with Crippen molar-refractivity contribution in [2.45, 2.75) is 24.4 Å². The maximum atomic E-state index is 5.64. The van der Waals surface area contributed by atoms with E-state index in [0.29, 0.717) is 17.7 Å². The summed E-state index contributed by atoms with van der Waals surface area (Å²) < 4.78 is 20.7. The van der Waals surface area contributed by atoms with Gasteiger partial charge in [-0.15, -0.1) is 11.8 Å². The van der Waals surface area contributed by atoms with E-state index in [0.717, 1.165) is 65.5 Å². The van der Waals surface area contributed by atoms with Gasteiger partial charge in [-0.05, 0) is 31.1 Å². The molecule has 0 atom stereocenters. The Morgan fingerprint density at radius 2 is 2.16 bits per heavy atom. The molecule has 10 heteroatoms. The van der Waals surface area contributed by atoms with E-state index < -0.39 is 0 Å². The van der Waals surface area contributed by atoms with Crippen LogP contribution in [0.4, 0.5) is 0 Å². The lowest BCUT2D eigenvalue weighted by atomic mass is 10.0. The second kappa shape index (κ2) is 9.74. The topological polar surface area (TPSA) is 88.6 Å². The molecule has 1 fully saturated rings. The number of nitrogens with zero attached hydrogens (tertiary/aromatic N) is 6. The SMILES string of the molecule is C=CN=C(OC)c1c(SC)n(CC2CCOCC2)c2cc(-c3c(OC)nnn3C)cnc12. The van der Waals surface area contributed by atoms with Crippen molar-refractivity contribution in [2.75, 3.05) is 33.7 Å². The third kappa shape index (κ3) is 4.00. The van der Waals surface area contributed by atoms with Crippen LogP contribution < -0.4 is 4.74 Å². The molecule has 3 aromatic rings. The highest BCUT2D eigenvalue weighted by atomic mass is 32.2. The molecule has 4 rings (SSSR count). The smallest absolute Gasteiger partial charge is 0.261 e. The number of aromatic nitrogens is 5. The summed E-state index contributed by atoms with van der Waals surface area (Å²) in [5.74, 6) is 1.49. The van der Waals surface area contributed by atoms with Crippen LogP contribution in [0.1, 0.15) is 18.4 Å². The van der Waals surface area contributed by atoms with Gasteiger partial charge in [0.1, 0.15) is 11.2 Å². The minimum Gasteiger partial charge on any atom is -0.480 e. The van der Waals surface area contributed by atoms with E-state index in [1.54, 1.807) is 30.7 Å². The van der Waals surface area contributed by atoms with Gasteiger partial charge in [0.25, 0.3) is 5.88 Å². The molecule has 170 valence electrons. The second-order valence-corrected chi connectivity index (χ2v) is 8.33. The molecule has 0 saturated carbocycles. The zero-order valence-electron chi connectivity index (χ0n) is 18.9. The van der Waals surface area contributed by atoms with E-state index in [1.807, 2.05) is 13.2 Å². The van der Waals surface area contributed by atoms with Gasteiger partial charge in [0.15, 0.2) is 0 Å². The van der Waals surface area contributed by atoms with Crippen molar-refractivity contribution in [3.63, 3.8) is 0 Å². The van der Waals surface area contributed by atoms with Crippen LogP contribution in [0.3, 0.4) is 0 Å². The molecule has 0 aromatic carbocycles. The molecule has 0 unspecified atom stereocenters. The lowest BCUT2D eigenvalue weighted by Crippen LogP contribution is -2.21. The largest absolute Gasteiger partial charge is 0.480 e. The highest BCUT2D eigenvalue weighted by molar-refractivity contribution is 7.98. The van der Waals surface area contributed by atoms with E-state index in [-0.39, 0.29) is 0 Å². The average molecular weight is 457 g/mol. The Morgan fingerprint density at radius 1 is 1.38 bits per heavy atom. The van der Waals surface area contributed by atoms with Gasteiger partial charge >= 0.3 is 0 Å². The molecule has 1 aliphatic rings. The van der Waals surface area contributed by atoms with Crippen LogP contribution >= 0.6 is 11.8 Å². The first-order valence-electron chi connectivity index (χ1n) is 10.4. The highest BCUT2D eigenvalue weighted by Crippen LogP contribution is 2.37. The van der Waals surface area contributed by atoms with Crippen LogP contribution in [-0.2, 0) is 23.1 Å². The Morgan fingerprint density at radius 3 is 2.81 bits per heavy atom. The van der Waals surface area contributed by atoms with Gasteiger partial charge in [0, 0.05) is 44.8 Å². The van der Waals surface area contributed by atoms with E-state index in [1.165, 1.54) is 6.20 Å². The molecule has 9 nitrogen and oxygen atoms in total. The van der Waals surface area contributed by atoms with Crippen LogP contribution in [0, 0.1) is 5.92 Å². The lowest BCUT2D eigenvalue weighted by Gasteiger charge is -2.24. The van der Waals surface area contributed by atoms with Gasteiger partial charge in [0.2, 0.25) is 5.90 Å². The van der Waals surface area contributed by atoms with Crippen LogP contribution in [0.15, 0.2) is 35.1 Å². The Hall–Kier alpha value is -2.85. The summed E-state index contributed by atoms with van der Waals surface area (Å²) in [5.41, 5.74) is 4.38. The van der Waals surface area contributed by atoms with Gasteiger partial charge in [-0.3, -0.25) is 4.98 Å². The Balaban J connectivity index is 1.95. The van der Waals surface area contributed by atoms with Crippen molar-refractivity contribution in [2.24, 2.45) is 18.0 Å². The third-order valence-corrected chi connectivity index (χ3v) is 6.52. The van der Waals surface area contributed by atoms with Gasteiger partial charge in [-0.1, -0.05) is 16.9 Å². The predicted octanol–water partition coefficient (Wildman–Crippen LogP) is 3.53. The van der Waals surface area contributed by atoms with Gasteiger partial charge in [0.05, 0.1) is 30.3 Å². The van der Waals surface area contributed by atoms with Crippen LogP contribution in [0.5, 0.6) is 5.88 Å². The molecular weight excluding hydrogens is 428 g/mol. The van der Waals surface area contributed by atoms with Gasteiger partial charge in [-0.25, -0.2) is 9.67 Å². The first-order chi connectivity index (χ1) is 15.6. The molecule has 1 saturated heterocycles. The van der Waals surface area contributed by atoms with E-state index in [9.17, 15) is 0 Å². The monoisotopic (exact) mass is 456 g/mol. The van der Waals surface area contributed by atoms with Crippen molar-refractivity contribution >= 4 is 28.7 Å². The van der Waals surface area contributed by atoms with Crippen molar-refractivity contribution in [3.05, 3.63) is 30.6 Å². The fourth-order valence-corrected chi connectivity index (χ4v) is 4.97. The van der Waals surface area contributed by atoms with E-state index in [4.69, 9.17) is 19.2 Å². The van der Waals surface area contributed by atoms with Crippen LogP contribution in [-0.4, -0.2) is 64.1 Å². The predicted molar refractivity (Wildman–Crippen MR) is 125 cm³/mol. The molecule has 4 heterocycles. The van der Waals surface area contributed by atoms with Crippen LogP contribution in [0.2, 0.25) is 0 Å². The Labute approximate surface area is 191 Å². The number of hydrogen-bond acceptors (Lipinski definition) is 8. The van der Waals surface area contributed by atoms with Gasteiger partial charge < -0.3 is 18.8 Å². The number of pyridine rings is 1. The maximum Gasteiger partial charge on any atom is 0.261 e. The third-order valence-electron chi connectivity index (χ3n) is 5.71. The molecule has 0 bridgehead atoms. The Kier molecular flexibility index (Phi) is 6.80. The normalized spacial score (nSPS) is 15.3. The van der Waals surface area contributed by atoms with E-state index in [2.05, 4.69) is 38.8 Å². The molecule has 1 aliphatic heterocycles. The summed E-state index contributed by atoms with van der Waals surface area (Å²) >= 11 is 1.66. The summed E-state index contributed by atoms with van der Waals surface area (Å²) in [5, 5.41) is 9.27. The number of aryl methyl sites for hydroxylation is 1. The summed E-state index contributed by atoms with van der Waals surface area (Å²) in [6.45, 7) is 6.21. The average Bonchev–Trinajstić information content (AvgIpc) is 3.35. The molecule has 0 N–H and O–H groups in total. The van der Waals surface area contributed by atoms with Crippen molar-refractivity contribution in [1.82, 2.24) is 24.5 Å². The number of thioether (sulfide) groups is 1. The number of hydrogen-bond donors (Lipinski definition) is 0. The fourth-order valence-electron chi connectivity index (χ4n) is 4.19. The molecule has 0 radical (unpaired) electrons. The molecule has 0 amide bonds. The molecule has 32 heavy (non-hydrogen) atoms. The molecule has 0 aliphatic carbocycles. The number of aliphatic imine (C=N–C) groups is 1. The fraction of sp³-hybridized carbons (Fsp3) is 0.455. The Bertz CT molecular complexity index is 1150.